The van der Waals surface area contributed by atoms with Crippen molar-refractivity contribution in [3.63, 3.8) is 0 Å². The summed E-state index contributed by atoms with van der Waals surface area (Å²) < 4.78 is 9.95. The van der Waals surface area contributed by atoms with Gasteiger partial charge in [-0.25, -0.2) is 0 Å². The van der Waals surface area contributed by atoms with Gasteiger partial charge in [-0.05, 0) is 29.5 Å². The zero-order chi connectivity index (χ0) is 18.2. The predicted molar refractivity (Wildman–Crippen MR) is 99.7 cm³/mol. The quantitative estimate of drug-likeness (QED) is 0.539. The second-order valence-corrected chi connectivity index (χ2v) is 6.58. The zero-order valence-electron chi connectivity index (χ0n) is 14.1. The SMILES string of the molecule is CC(=O)OCCCOC(=O)Cc1cscc1Nc1cccc(C)c1Cl. The van der Waals surface area contributed by atoms with E-state index >= 15 is 0 Å². The molecule has 1 N–H and O–H groups in total. The zero-order valence-corrected chi connectivity index (χ0v) is 15.7. The highest BCUT2D eigenvalue weighted by molar-refractivity contribution is 7.08. The van der Waals surface area contributed by atoms with Gasteiger partial charge in [0.1, 0.15) is 0 Å². The van der Waals surface area contributed by atoms with E-state index in [0.29, 0.717) is 11.4 Å². The summed E-state index contributed by atoms with van der Waals surface area (Å²) in [5.41, 5.74) is 3.48. The summed E-state index contributed by atoms with van der Waals surface area (Å²) in [5.74, 6) is -0.658. The van der Waals surface area contributed by atoms with Crippen LogP contribution in [0, 0.1) is 6.92 Å². The summed E-state index contributed by atoms with van der Waals surface area (Å²) >= 11 is 7.80. The van der Waals surface area contributed by atoms with Gasteiger partial charge in [0.2, 0.25) is 0 Å². The lowest BCUT2D eigenvalue weighted by molar-refractivity contribution is -0.144. The minimum absolute atomic E-state index is 0.169. The van der Waals surface area contributed by atoms with E-state index in [-0.39, 0.29) is 31.6 Å². The number of ether oxygens (including phenoxy) is 2. The summed E-state index contributed by atoms with van der Waals surface area (Å²) in [6.07, 6.45) is 0.655. The second kappa shape index (κ2) is 9.44. The van der Waals surface area contributed by atoms with E-state index in [0.717, 1.165) is 22.5 Å². The maximum atomic E-state index is 12.0. The molecule has 0 radical (unpaired) electrons. The molecule has 0 unspecified atom stereocenters. The lowest BCUT2D eigenvalue weighted by Gasteiger charge is -2.11. The molecule has 5 nitrogen and oxygen atoms in total. The summed E-state index contributed by atoms with van der Waals surface area (Å²) in [6.45, 7) is 3.76. The number of halogens is 1. The van der Waals surface area contributed by atoms with Crippen molar-refractivity contribution in [3.8, 4) is 0 Å². The molecule has 0 aliphatic heterocycles. The summed E-state index contributed by atoms with van der Waals surface area (Å²) in [4.78, 5) is 22.6. The first-order valence-corrected chi connectivity index (χ1v) is 9.15. The first-order valence-electron chi connectivity index (χ1n) is 7.83. The van der Waals surface area contributed by atoms with Crippen LogP contribution in [-0.4, -0.2) is 25.2 Å². The topological polar surface area (TPSA) is 64.6 Å². The van der Waals surface area contributed by atoms with E-state index < -0.39 is 0 Å². The number of rotatable bonds is 8. The van der Waals surface area contributed by atoms with Crippen molar-refractivity contribution in [3.05, 3.63) is 45.1 Å². The van der Waals surface area contributed by atoms with Gasteiger partial charge in [0.05, 0.1) is 36.0 Å². The van der Waals surface area contributed by atoms with Crippen molar-refractivity contribution in [2.24, 2.45) is 0 Å². The van der Waals surface area contributed by atoms with Crippen LogP contribution in [0.2, 0.25) is 5.02 Å². The Morgan fingerprint density at radius 1 is 1.16 bits per heavy atom. The van der Waals surface area contributed by atoms with Gasteiger partial charge in [0, 0.05) is 18.7 Å². The molecule has 25 heavy (non-hydrogen) atoms. The fraction of sp³-hybridized carbons (Fsp3) is 0.333. The molecule has 2 rings (SSSR count). The van der Waals surface area contributed by atoms with E-state index in [4.69, 9.17) is 21.1 Å². The van der Waals surface area contributed by atoms with E-state index in [2.05, 4.69) is 5.32 Å². The van der Waals surface area contributed by atoms with E-state index in [1.807, 2.05) is 35.9 Å². The summed E-state index contributed by atoms with van der Waals surface area (Å²) in [5, 5.41) is 7.77. The van der Waals surface area contributed by atoms with Crippen LogP contribution in [-0.2, 0) is 25.5 Å². The Labute approximate surface area is 155 Å². The van der Waals surface area contributed by atoms with Crippen LogP contribution in [0.4, 0.5) is 11.4 Å². The van der Waals surface area contributed by atoms with Crippen LogP contribution in [0.25, 0.3) is 0 Å². The van der Waals surface area contributed by atoms with Crippen molar-refractivity contribution >= 4 is 46.3 Å². The Bertz CT molecular complexity index is 744. The van der Waals surface area contributed by atoms with Crippen LogP contribution in [0.15, 0.2) is 29.0 Å². The van der Waals surface area contributed by atoms with Crippen molar-refractivity contribution in [2.75, 3.05) is 18.5 Å². The minimum atomic E-state index is -0.338. The molecule has 134 valence electrons. The highest BCUT2D eigenvalue weighted by Gasteiger charge is 2.12. The maximum Gasteiger partial charge on any atom is 0.310 e. The molecular formula is C18H20ClNO4S. The lowest BCUT2D eigenvalue weighted by atomic mass is 10.2. The largest absolute Gasteiger partial charge is 0.466 e. The first kappa shape index (κ1) is 19.3. The van der Waals surface area contributed by atoms with Crippen LogP contribution < -0.4 is 5.32 Å². The van der Waals surface area contributed by atoms with E-state index in [9.17, 15) is 9.59 Å². The number of carbonyl (C=O) groups excluding carboxylic acids is 2. The molecule has 0 atom stereocenters. The normalized spacial score (nSPS) is 10.4. The van der Waals surface area contributed by atoms with Gasteiger partial charge < -0.3 is 14.8 Å². The number of hydrogen-bond donors (Lipinski definition) is 1. The third-order valence-corrected chi connectivity index (χ3v) is 4.69. The minimum Gasteiger partial charge on any atom is -0.466 e. The fourth-order valence-corrected chi connectivity index (χ4v) is 3.09. The smallest absolute Gasteiger partial charge is 0.310 e. The fourth-order valence-electron chi connectivity index (χ4n) is 2.13. The number of benzene rings is 1. The second-order valence-electron chi connectivity index (χ2n) is 5.46. The van der Waals surface area contributed by atoms with Gasteiger partial charge >= 0.3 is 11.9 Å². The van der Waals surface area contributed by atoms with Gasteiger partial charge in [-0.3, -0.25) is 9.59 Å². The number of aryl methyl sites for hydroxylation is 1. The van der Waals surface area contributed by atoms with Crippen molar-refractivity contribution < 1.29 is 19.1 Å². The number of thiophene rings is 1. The van der Waals surface area contributed by atoms with E-state index in [1.54, 1.807) is 0 Å². The summed E-state index contributed by atoms with van der Waals surface area (Å²) in [6, 6.07) is 5.76. The average Bonchev–Trinajstić information content (AvgIpc) is 2.98. The van der Waals surface area contributed by atoms with Crippen molar-refractivity contribution in [1.29, 1.82) is 0 Å². The molecule has 0 saturated carbocycles. The van der Waals surface area contributed by atoms with Crippen molar-refractivity contribution in [2.45, 2.75) is 26.7 Å². The van der Waals surface area contributed by atoms with Crippen LogP contribution in [0.1, 0.15) is 24.5 Å². The molecular weight excluding hydrogens is 362 g/mol. The molecule has 2 aromatic rings. The van der Waals surface area contributed by atoms with Crippen LogP contribution in [0.3, 0.4) is 0 Å². The maximum absolute atomic E-state index is 12.0. The standard InChI is InChI=1S/C18H20ClNO4S/c1-12-5-3-6-15(18(12)19)20-16-11-25-10-14(16)9-17(22)24-8-4-7-23-13(2)21/h3,5-6,10-11,20H,4,7-9H2,1-2H3. The molecule has 0 spiro atoms. The summed E-state index contributed by atoms with van der Waals surface area (Å²) in [7, 11) is 0. The van der Waals surface area contributed by atoms with Gasteiger partial charge in [-0.15, -0.1) is 11.3 Å². The number of esters is 2. The van der Waals surface area contributed by atoms with Gasteiger partial charge in [0.15, 0.2) is 0 Å². The van der Waals surface area contributed by atoms with Gasteiger partial charge in [-0.1, -0.05) is 23.7 Å². The van der Waals surface area contributed by atoms with Gasteiger partial charge in [0.25, 0.3) is 0 Å². The van der Waals surface area contributed by atoms with Crippen molar-refractivity contribution in [1.82, 2.24) is 0 Å². The van der Waals surface area contributed by atoms with E-state index in [1.165, 1.54) is 18.3 Å². The molecule has 1 aromatic carbocycles. The highest BCUT2D eigenvalue weighted by atomic mass is 35.5. The lowest BCUT2D eigenvalue weighted by Crippen LogP contribution is -2.11. The first-order chi connectivity index (χ1) is 12.0. The molecule has 1 heterocycles. The van der Waals surface area contributed by atoms with Crippen LogP contribution >= 0.6 is 22.9 Å². The molecule has 0 aliphatic rings. The Kier molecular flexibility index (Phi) is 7.28. The number of anilines is 2. The average molecular weight is 382 g/mol. The Hall–Kier alpha value is -2.05. The molecule has 7 heteroatoms. The molecule has 0 aliphatic carbocycles. The number of carbonyl (C=O) groups is 2. The molecule has 0 fully saturated rings. The Morgan fingerprint density at radius 2 is 1.92 bits per heavy atom. The molecule has 1 aromatic heterocycles. The molecule has 0 saturated heterocycles. The third kappa shape index (κ3) is 6.07. The van der Waals surface area contributed by atoms with Crippen LogP contribution in [0.5, 0.6) is 0 Å². The Balaban J connectivity index is 1.87. The molecule has 0 bridgehead atoms. The number of hydrogen-bond acceptors (Lipinski definition) is 6. The van der Waals surface area contributed by atoms with Gasteiger partial charge in [-0.2, -0.15) is 0 Å². The predicted octanol–water partition coefficient (Wildman–Crippen LogP) is 4.49. The molecule has 0 amide bonds. The third-order valence-electron chi connectivity index (χ3n) is 3.40. The number of nitrogens with one attached hydrogen (secondary N) is 1. The highest BCUT2D eigenvalue weighted by Crippen LogP contribution is 2.31. The Morgan fingerprint density at radius 3 is 2.68 bits per heavy atom. The monoisotopic (exact) mass is 381 g/mol.